The van der Waals surface area contributed by atoms with Crippen LogP contribution in [-0.2, 0) is 9.59 Å². The van der Waals surface area contributed by atoms with Crippen LogP contribution in [0, 0.1) is 5.41 Å². The molecule has 1 aliphatic heterocycles. The zero-order valence-corrected chi connectivity index (χ0v) is 13.7. The Hall–Kier alpha value is -2.30. The largest absolute Gasteiger partial charge is 0.484 e. The van der Waals surface area contributed by atoms with E-state index in [4.69, 9.17) is 4.74 Å². The highest BCUT2D eigenvalue weighted by molar-refractivity contribution is 5.87. The van der Waals surface area contributed by atoms with Gasteiger partial charge in [0.15, 0.2) is 6.61 Å². The van der Waals surface area contributed by atoms with E-state index in [1.807, 2.05) is 30.3 Å². The van der Waals surface area contributed by atoms with E-state index in [9.17, 15) is 9.59 Å². The normalized spacial score (nSPS) is 19.7. The van der Waals surface area contributed by atoms with Crippen LogP contribution in [0.15, 0.2) is 43.0 Å². The first-order valence-electron chi connectivity index (χ1n) is 7.81. The topological polar surface area (TPSA) is 58.6 Å². The first kappa shape index (κ1) is 17.1. The number of carbonyl (C=O) groups is 2. The first-order chi connectivity index (χ1) is 10.9. The van der Waals surface area contributed by atoms with E-state index in [-0.39, 0.29) is 29.9 Å². The summed E-state index contributed by atoms with van der Waals surface area (Å²) in [5, 5.41) is 3.03. The Labute approximate surface area is 137 Å². The highest BCUT2D eigenvalue weighted by Crippen LogP contribution is 2.29. The second kappa shape index (κ2) is 7.31. The van der Waals surface area contributed by atoms with E-state index in [1.165, 1.54) is 6.08 Å². The van der Waals surface area contributed by atoms with Gasteiger partial charge in [0, 0.05) is 24.5 Å². The quantitative estimate of drug-likeness (QED) is 0.845. The van der Waals surface area contributed by atoms with E-state index in [2.05, 4.69) is 25.7 Å². The van der Waals surface area contributed by atoms with E-state index < -0.39 is 0 Å². The highest BCUT2D eigenvalue weighted by Gasteiger charge is 2.37. The third kappa shape index (κ3) is 4.58. The summed E-state index contributed by atoms with van der Waals surface area (Å²) >= 11 is 0. The fourth-order valence-corrected chi connectivity index (χ4v) is 2.84. The molecule has 1 N–H and O–H groups in total. The molecule has 0 saturated carbocycles. The van der Waals surface area contributed by atoms with Crippen LogP contribution in [0.2, 0.25) is 0 Å². The number of para-hydroxylation sites is 1. The molecule has 5 heteroatoms. The molecule has 1 fully saturated rings. The number of likely N-dealkylation sites (tertiary alicyclic amines) is 1. The van der Waals surface area contributed by atoms with Gasteiger partial charge >= 0.3 is 0 Å². The van der Waals surface area contributed by atoms with Gasteiger partial charge in [0.25, 0.3) is 5.91 Å². The maximum absolute atomic E-state index is 12.1. The number of carbonyl (C=O) groups excluding carboxylic acids is 2. The van der Waals surface area contributed by atoms with Gasteiger partial charge in [0.1, 0.15) is 5.75 Å². The van der Waals surface area contributed by atoms with Crippen molar-refractivity contribution in [1.29, 1.82) is 0 Å². The minimum absolute atomic E-state index is 0.00804. The second-order valence-corrected chi connectivity index (χ2v) is 6.46. The molecule has 1 unspecified atom stereocenters. The Balaban J connectivity index is 1.86. The van der Waals surface area contributed by atoms with Gasteiger partial charge in [-0.3, -0.25) is 9.59 Å². The lowest BCUT2D eigenvalue weighted by Crippen LogP contribution is -2.57. The van der Waals surface area contributed by atoms with Gasteiger partial charge in [-0.25, -0.2) is 0 Å². The van der Waals surface area contributed by atoms with Gasteiger partial charge in [-0.1, -0.05) is 38.6 Å². The van der Waals surface area contributed by atoms with Gasteiger partial charge in [0.05, 0.1) is 0 Å². The monoisotopic (exact) mass is 316 g/mol. The van der Waals surface area contributed by atoms with Crippen molar-refractivity contribution in [3.63, 3.8) is 0 Å². The molecule has 1 aromatic carbocycles. The van der Waals surface area contributed by atoms with Crippen molar-refractivity contribution in [3.05, 3.63) is 43.0 Å². The number of hydrogen-bond acceptors (Lipinski definition) is 3. The number of hydrogen-bond donors (Lipinski definition) is 1. The first-order valence-corrected chi connectivity index (χ1v) is 7.81. The van der Waals surface area contributed by atoms with Crippen LogP contribution in [0.3, 0.4) is 0 Å². The lowest BCUT2D eigenvalue weighted by molar-refractivity contribution is -0.131. The number of piperidine rings is 1. The van der Waals surface area contributed by atoms with Gasteiger partial charge in [0.2, 0.25) is 5.91 Å². The summed E-state index contributed by atoms with van der Waals surface area (Å²) in [6, 6.07) is 9.27. The molecule has 1 saturated heterocycles. The van der Waals surface area contributed by atoms with E-state index >= 15 is 0 Å². The van der Waals surface area contributed by atoms with Gasteiger partial charge in [-0.15, -0.1) is 0 Å². The number of ether oxygens (including phenoxy) is 1. The van der Waals surface area contributed by atoms with Crippen LogP contribution >= 0.6 is 0 Å². The molecule has 1 aromatic rings. The van der Waals surface area contributed by atoms with Gasteiger partial charge in [-0.2, -0.15) is 0 Å². The summed E-state index contributed by atoms with van der Waals surface area (Å²) < 4.78 is 5.46. The van der Waals surface area contributed by atoms with Crippen LogP contribution in [0.4, 0.5) is 0 Å². The van der Waals surface area contributed by atoms with E-state index in [0.717, 1.165) is 6.42 Å². The Morgan fingerprint density at radius 3 is 2.70 bits per heavy atom. The summed E-state index contributed by atoms with van der Waals surface area (Å²) in [7, 11) is 0. The number of nitrogens with zero attached hydrogens (tertiary/aromatic N) is 1. The van der Waals surface area contributed by atoms with Crippen molar-refractivity contribution >= 4 is 11.8 Å². The smallest absolute Gasteiger partial charge is 0.258 e. The molecule has 0 bridgehead atoms. The molecule has 2 rings (SSSR count). The van der Waals surface area contributed by atoms with Crippen LogP contribution in [0.5, 0.6) is 5.75 Å². The fourth-order valence-electron chi connectivity index (χ4n) is 2.84. The Kier molecular flexibility index (Phi) is 5.42. The molecule has 1 heterocycles. The fraction of sp³-hybridized carbons (Fsp3) is 0.444. The minimum atomic E-state index is -0.195. The standard InChI is InChI=1S/C18H24N2O3/c1-4-17(22)20-11-10-15(18(2,3)13-20)19-16(21)12-23-14-8-6-5-7-9-14/h4-9,15H,1,10-13H2,2-3H3,(H,19,21). The molecule has 2 amide bonds. The maximum atomic E-state index is 12.1. The van der Waals surface area contributed by atoms with Crippen LogP contribution in [0.25, 0.3) is 0 Å². The van der Waals surface area contributed by atoms with Crippen molar-refractivity contribution in [2.75, 3.05) is 19.7 Å². The molecule has 0 aromatic heterocycles. The molecule has 23 heavy (non-hydrogen) atoms. The zero-order chi connectivity index (χ0) is 16.9. The predicted octanol–water partition coefficient (Wildman–Crippen LogP) is 1.99. The molecular weight excluding hydrogens is 292 g/mol. The van der Waals surface area contributed by atoms with E-state index in [0.29, 0.717) is 18.8 Å². The molecule has 124 valence electrons. The molecule has 0 aliphatic carbocycles. The molecule has 1 atom stereocenters. The van der Waals surface area contributed by atoms with Gasteiger partial charge < -0.3 is 15.0 Å². The summed E-state index contributed by atoms with van der Waals surface area (Å²) in [5.41, 5.74) is -0.195. The van der Waals surface area contributed by atoms with Crippen molar-refractivity contribution in [2.24, 2.45) is 5.41 Å². The summed E-state index contributed by atoms with van der Waals surface area (Å²) in [6.07, 6.45) is 2.06. The Bertz CT molecular complexity index is 569. The molecule has 0 radical (unpaired) electrons. The van der Waals surface area contributed by atoms with Crippen molar-refractivity contribution < 1.29 is 14.3 Å². The van der Waals surface area contributed by atoms with Crippen molar-refractivity contribution in [2.45, 2.75) is 26.3 Å². The zero-order valence-electron chi connectivity index (χ0n) is 13.7. The SMILES string of the molecule is C=CC(=O)N1CCC(NC(=O)COc2ccccc2)C(C)(C)C1. The molecule has 5 nitrogen and oxygen atoms in total. The van der Waals surface area contributed by atoms with Crippen molar-refractivity contribution in [3.8, 4) is 5.75 Å². The third-order valence-corrected chi connectivity index (χ3v) is 4.16. The van der Waals surface area contributed by atoms with Crippen LogP contribution in [0.1, 0.15) is 20.3 Å². The Morgan fingerprint density at radius 2 is 2.09 bits per heavy atom. The average molecular weight is 316 g/mol. The summed E-state index contributed by atoms with van der Waals surface area (Å²) in [4.78, 5) is 25.6. The molecular formula is C18H24N2O3. The maximum Gasteiger partial charge on any atom is 0.258 e. The third-order valence-electron chi connectivity index (χ3n) is 4.16. The predicted molar refractivity (Wildman–Crippen MR) is 89.0 cm³/mol. The number of rotatable bonds is 5. The molecule has 0 spiro atoms. The lowest BCUT2D eigenvalue weighted by atomic mass is 9.79. The molecule has 1 aliphatic rings. The number of benzene rings is 1. The highest BCUT2D eigenvalue weighted by atomic mass is 16.5. The number of nitrogens with one attached hydrogen (secondary N) is 1. The van der Waals surface area contributed by atoms with Crippen molar-refractivity contribution in [1.82, 2.24) is 10.2 Å². The van der Waals surface area contributed by atoms with Crippen LogP contribution in [-0.4, -0.2) is 42.5 Å². The summed E-state index contributed by atoms with van der Waals surface area (Å²) in [5.74, 6) is 0.471. The minimum Gasteiger partial charge on any atom is -0.484 e. The van der Waals surface area contributed by atoms with Crippen LogP contribution < -0.4 is 10.1 Å². The summed E-state index contributed by atoms with van der Waals surface area (Å²) in [6.45, 7) is 8.85. The average Bonchev–Trinajstić information content (AvgIpc) is 2.54. The Morgan fingerprint density at radius 1 is 1.39 bits per heavy atom. The van der Waals surface area contributed by atoms with Gasteiger partial charge in [-0.05, 0) is 24.6 Å². The lowest BCUT2D eigenvalue weighted by Gasteiger charge is -2.44. The van der Waals surface area contributed by atoms with E-state index in [1.54, 1.807) is 4.90 Å². The number of amides is 2. The second-order valence-electron chi connectivity index (χ2n) is 6.46.